The third-order valence-corrected chi connectivity index (χ3v) is 0. The fourth-order valence-corrected chi connectivity index (χ4v) is 0. The first-order valence-corrected chi connectivity index (χ1v) is 0.812. The predicted molar refractivity (Wildman–Crippen MR) is 12.9 cm³/mol. The maximum absolute atomic E-state index is 8.81. The molecule has 0 rings (SSSR count). The summed E-state index contributed by atoms with van der Waals surface area (Å²) >= 11 is 0. The Balaban J connectivity index is 0. The number of hydrogen-bond donors (Lipinski definition) is 0. The first-order valence-electron chi connectivity index (χ1n) is 0.812. The summed E-state index contributed by atoms with van der Waals surface area (Å²) in [6.07, 6.45) is 0. The Morgan fingerprint density at radius 1 is 1.80 bits per heavy atom. The van der Waals surface area contributed by atoms with Gasteiger partial charge in [0, 0.05) is 25.3 Å². The maximum Gasteiger partial charge on any atom is 0.194 e. The minimum Gasteiger partial charge on any atom is -0.265 e. The van der Waals surface area contributed by atoms with E-state index in [1.165, 1.54) is 0 Å². The molecule has 0 aromatic carbocycles. The SMILES string of the molecule is C[N+](=O)[O-].[Pd]. The molecule has 0 saturated carbocycles. The first-order chi connectivity index (χ1) is 1.73. The Morgan fingerprint density at radius 3 is 1.80 bits per heavy atom. The van der Waals surface area contributed by atoms with Gasteiger partial charge in [0.1, 0.15) is 0 Å². The van der Waals surface area contributed by atoms with Crippen molar-refractivity contribution in [1.82, 2.24) is 0 Å². The summed E-state index contributed by atoms with van der Waals surface area (Å²) in [4.78, 5) is 8.31. The van der Waals surface area contributed by atoms with Gasteiger partial charge < -0.3 is 0 Å². The van der Waals surface area contributed by atoms with Crippen LogP contribution < -0.4 is 0 Å². The van der Waals surface area contributed by atoms with Gasteiger partial charge in [0.15, 0.2) is 7.05 Å². The van der Waals surface area contributed by atoms with Gasteiger partial charge in [0.05, 0.1) is 0 Å². The summed E-state index contributed by atoms with van der Waals surface area (Å²) in [6, 6.07) is 0. The van der Waals surface area contributed by atoms with Crippen LogP contribution in [0.5, 0.6) is 0 Å². The van der Waals surface area contributed by atoms with Crippen LogP contribution in [0.4, 0.5) is 0 Å². The molecule has 0 N–H and O–H groups in total. The van der Waals surface area contributed by atoms with Crippen molar-refractivity contribution >= 4 is 0 Å². The minimum absolute atomic E-state index is 0. The molecule has 3 nitrogen and oxygen atoms in total. The Labute approximate surface area is 43.2 Å². The van der Waals surface area contributed by atoms with E-state index in [0.717, 1.165) is 7.05 Å². The number of nitro groups is 1. The van der Waals surface area contributed by atoms with Crippen molar-refractivity contribution < 1.29 is 25.3 Å². The fourth-order valence-electron chi connectivity index (χ4n) is 0. The van der Waals surface area contributed by atoms with Crippen LogP contribution in [0.15, 0.2) is 0 Å². The van der Waals surface area contributed by atoms with Gasteiger partial charge in [-0.15, -0.1) is 0 Å². The van der Waals surface area contributed by atoms with E-state index in [4.69, 9.17) is 10.1 Å². The summed E-state index contributed by atoms with van der Waals surface area (Å²) in [5.41, 5.74) is 0. The minimum atomic E-state index is -0.500. The first kappa shape index (κ1) is 8.91. The van der Waals surface area contributed by atoms with E-state index in [-0.39, 0.29) is 20.4 Å². The van der Waals surface area contributed by atoms with Crippen LogP contribution in [0.2, 0.25) is 0 Å². The smallest absolute Gasteiger partial charge is 0.194 e. The van der Waals surface area contributed by atoms with E-state index >= 15 is 0 Å². The Bertz CT molecular complexity index is 32.6. The molecule has 0 amide bonds. The van der Waals surface area contributed by atoms with Gasteiger partial charge in [0.25, 0.3) is 0 Å². The van der Waals surface area contributed by atoms with E-state index < -0.39 is 4.92 Å². The van der Waals surface area contributed by atoms with Gasteiger partial charge in [-0.25, -0.2) is 0 Å². The summed E-state index contributed by atoms with van der Waals surface area (Å²) in [5.74, 6) is 0. The Kier molecular flexibility index (Phi) is 7.24. The molecule has 34 valence electrons. The average Bonchev–Trinajstić information content (AvgIpc) is 0.811. The quantitative estimate of drug-likeness (QED) is 0.287. The molecule has 4 heteroatoms. The molecular weight excluding hydrogens is 164 g/mol. The van der Waals surface area contributed by atoms with Crippen LogP contribution in [-0.2, 0) is 20.4 Å². The molecule has 0 aliphatic carbocycles. The van der Waals surface area contributed by atoms with Crippen molar-refractivity contribution in [3.05, 3.63) is 10.1 Å². The molecule has 0 unspecified atom stereocenters. The molecule has 0 aliphatic rings. The number of nitrogens with zero attached hydrogens (tertiary/aromatic N) is 1. The van der Waals surface area contributed by atoms with Crippen molar-refractivity contribution in [2.24, 2.45) is 0 Å². The molecular formula is CH3NO2Pd. The zero-order valence-electron chi connectivity index (χ0n) is 2.58. The summed E-state index contributed by atoms with van der Waals surface area (Å²) < 4.78 is 0. The van der Waals surface area contributed by atoms with Crippen LogP contribution in [0.25, 0.3) is 0 Å². The Hall–Kier alpha value is 0.0623. The van der Waals surface area contributed by atoms with E-state index in [1.54, 1.807) is 0 Å². The Morgan fingerprint density at radius 2 is 1.80 bits per heavy atom. The van der Waals surface area contributed by atoms with E-state index in [0.29, 0.717) is 0 Å². The third kappa shape index (κ3) is 4450. The maximum atomic E-state index is 8.81. The van der Waals surface area contributed by atoms with Gasteiger partial charge in [-0.05, 0) is 0 Å². The second kappa shape index (κ2) is 4.06. The molecule has 0 aromatic heterocycles. The van der Waals surface area contributed by atoms with Crippen molar-refractivity contribution in [3.8, 4) is 0 Å². The molecule has 0 aromatic rings. The van der Waals surface area contributed by atoms with Crippen molar-refractivity contribution in [2.45, 2.75) is 0 Å². The van der Waals surface area contributed by atoms with Crippen LogP contribution in [0.1, 0.15) is 0 Å². The fraction of sp³-hybridized carbons (Fsp3) is 1.00. The van der Waals surface area contributed by atoms with Gasteiger partial charge in [-0.2, -0.15) is 0 Å². The van der Waals surface area contributed by atoms with Crippen molar-refractivity contribution in [3.63, 3.8) is 0 Å². The monoisotopic (exact) mass is 167 g/mol. The second-order valence-electron chi connectivity index (χ2n) is 0.440. The van der Waals surface area contributed by atoms with Gasteiger partial charge in [0.2, 0.25) is 0 Å². The van der Waals surface area contributed by atoms with Crippen LogP contribution in [-0.4, -0.2) is 12.0 Å². The number of rotatable bonds is 0. The van der Waals surface area contributed by atoms with Gasteiger partial charge >= 0.3 is 0 Å². The van der Waals surface area contributed by atoms with Gasteiger partial charge in [-0.3, -0.25) is 10.1 Å². The summed E-state index contributed by atoms with van der Waals surface area (Å²) in [7, 11) is 0.889. The standard InChI is InChI=1S/CH3NO2.Pd/c1-2(3)4;/h1H3;. The van der Waals surface area contributed by atoms with Crippen molar-refractivity contribution in [2.75, 3.05) is 7.05 Å². The van der Waals surface area contributed by atoms with Crippen LogP contribution in [0, 0.1) is 10.1 Å². The molecule has 0 bridgehead atoms. The molecule has 5 heavy (non-hydrogen) atoms. The summed E-state index contributed by atoms with van der Waals surface area (Å²) in [6.45, 7) is 0. The molecule has 0 saturated heterocycles. The van der Waals surface area contributed by atoms with E-state index in [1.807, 2.05) is 0 Å². The largest absolute Gasteiger partial charge is 0.265 e. The summed E-state index contributed by atoms with van der Waals surface area (Å²) in [5, 5.41) is 8.81. The van der Waals surface area contributed by atoms with Gasteiger partial charge in [-0.1, -0.05) is 0 Å². The molecule has 0 aliphatic heterocycles. The molecule has 0 fully saturated rings. The average molecular weight is 167 g/mol. The molecule has 0 spiro atoms. The van der Waals surface area contributed by atoms with E-state index in [9.17, 15) is 0 Å². The molecule has 0 heterocycles. The number of hydrogen-bond acceptors (Lipinski definition) is 2. The predicted octanol–water partition coefficient (Wildman–Crippen LogP) is -0.110. The van der Waals surface area contributed by atoms with Crippen molar-refractivity contribution in [1.29, 1.82) is 0 Å². The molecule has 0 atom stereocenters. The zero-order valence-corrected chi connectivity index (χ0v) is 4.13. The van der Waals surface area contributed by atoms with Crippen LogP contribution in [0.3, 0.4) is 0 Å². The normalized spacial score (nSPS) is 5.00. The van der Waals surface area contributed by atoms with Crippen LogP contribution >= 0.6 is 0 Å². The topological polar surface area (TPSA) is 43.1 Å². The van der Waals surface area contributed by atoms with E-state index in [2.05, 4.69) is 0 Å². The second-order valence-corrected chi connectivity index (χ2v) is 0.440. The zero-order chi connectivity index (χ0) is 3.58. The third-order valence-electron chi connectivity index (χ3n) is 0. The molecule has 0 radical (unpaired) electrons.